The van der Waals surface area contributed by atoms with Gasteiger partial charge in [-0.05, 0) is 85.8 Å². The van der Waals surface area contributed by atoms with E-state index in [0.29, 0.717) is 30.4 Å². The number of nitrogens with one attached hydrogen (secondary N) is 2. The van der Waals surface area contributed by atoms with Crippen LogP contribution in [0, 0.1) is 18.7 Å². The van der Waals surface area contributed by atoms with E-state index in [4.69, 9.17) is 5.73 Å². The Morgan fingerprint density at radius 2 is 1.55 bits per heavy atom. The average molecular weight is 511 g/mol. The fourth-order valence-electron chi connectivity index (χ4n) is 4.70. The Labute approximate surface area is 221 Å². The van der Waals surface area contributed by atoms with Crippen molar-refractivity contribution in [3.8, 4) is 0 Å². The number of likely N-dealkylation sites (tertiary alicyclic amines) is 1. The van der Waals surface area contributed by atoms with Crippen LogP contribution in [0.4, 0.5) is 27.5 Å². The van der Waals surface area contributed by atoms with Crippen molar-refractivity contribution in [2.24, 2.45) is 11.7 Å². The van der Waals surface area contributed by atoms with Gasteiger partial charge in [-0.15, -0.1) is 0 Å². The molecule has 4 aromatic rings. The summed E-state index contributed by atoms with van der Waals surface area (Å²) in [6.07, 6.45) is 3.32. The van der Waals surface area contributed by atoms with Crippen LogP contribution in [0.15, 0.2) is 85.1 Å². The number of nitrogens with zero attached hydrogens (tertiary/aromatic N) is 3. The maximum Gasteiger partial charge on any atom is 0.253 e. The lowest BCUT2D eigenvalue weighted by molar-refractivity contribution is 0.0678. The van der Waals surface area contributed by atoms with Crippen molar-refractivity contribution >= 4 is 29.0 Å². The third-order valence-electron chi connectivity index (χ3n) is 6.96. The topological polar surface area (TPSA) is 96.2 Å². The van der Waals surface area contributed by atoms with Crippen molar-refractivity contribution in [1.29, 1.82) is 0 Å². The van der Waals surface area contributed by atoms with Crippen LogP contribution in [0.3, 0.4) is 0 Å². The highest BCUT2D eigenvalue weighted by molar-refractivity contribution is 5.94. The van der Waals surface area contributed by atoms with Crippen molar-refractivity contribution in [1.82, 2.24) is 14.9 Å². The SMILES string of the molecule is Cc1ccc(Nc2ccnc(Nc3ccc(C(=O)N4CCC([C@H](N)c5ccc(F)cc5)CC4)cc3)n2)cc1. The summed E-state index contributed by atoms with van der Waals surface area (Å²) in [7, 11) is 0. The van der Waals surface area contributed by atoms with Crippen LogP contribution in [0.2, 0.25) is 0 Å². The van der Waals surface area contributed by atoms with E-state index in [9.17, 15) is 9.18 Å². The van der Waals surface area contributed by atoms with Crippen LogP contribution < -0.4 is 16.4 Å². The number of amides is 1. The number of hydrogen-bond donors (Lipinski definition) is 3. The molecule has 1 amide bonds. The number of halogens is 1. The largest absolute Gasteiger partial charge is 0.340 e. The molecular formula is C30H31FN6O. The van der Waals surface area contributed by atoms with E-state index in [0.717, 1.165) is 29.8 Å². The van der Waals surface area contributed by atoms with E-state index in [1.54, 1.807) is 18.3 Å². The van der Waals surface area contributed by atoms with E-state index in [2.05, 4.69) is 20.6 Å². The van der Waals surface area contributed by atoms with Gasteiger partial charge in [-0.25, -0.2) is 9.37 Å². The fraction of sp³-hybridized carbons (Fsp3) is 0.233. The summed E-state index contributed by atoms with van der Waals surface area (Å²) in [6, 6.07) is 23.4. The van der Waals surface area contributed by atoms with Gasteiger partial charge >= 0.3 is 0 Å². The minimum Gasteiger partial charge on any atom is -0.340 e. The van der Waals surface area contributed by atoms with Crippen molar-refractivity contribution in [3.63, 3.8) is 0 Å². The number of carbonyl (C=O) groups is 1. The number of carbonyl (C=O) groups excluding carboxylic acids is 1. The van der Waals surface area contributed by atoms with Gasteiger partial charge in [0.2, 0.25) is 5.95 Å². The molecule has 1 fully saturated rings. The van der Waals surface area contributed by atoms with E-state index >= 15 is 0 Å². The van der Waals surface area contributed by atoms with Gasteiger partial charge < -0.3 is 21.3 Å². The molecule has 0 radical (unpaired) electrons. The lowest BCUT2D eigenvalue weighted by atomic mass is 9.86. The van der Waals surface area contributed by atoms with Crippen LogP contribution in [0.1, 0.15) is 40.4 Å². The van der Waals surface area contributed by atoms with Gasteiger partial charge in [0.25, 0.3) is 5.91 Å². The summed E-state index contributed by atoms with van der Waals surface area (Å²) >= 11 is 0. The first kappa shape index (κ1) is 25.4. The van der Waals surface area contributed by atoms with Gasteiger partial charge in [0.15, 0.2) is 0 Å². The van der Waals surface area contributed by atoms with Crippen molar-refractivity contribution in [2.45, 2.75) is 25.8 Å². The molecule has 0 bridgehead atoms. The maximum atomic E-state index is 13.2. The highest BCUT2D eigenvalue weighted by atomic mass is 19.1. The second kappa shape index (κ2) is 11.4. The van der Waals surface area contributed by atoms with Crippen LogP contribution in [-0.4, -0.2) is 33.9 Å². The summed E-state index contributed by atoms with van der Waals surface area (Å²) in [4.78, 5) is 23.8. The summed E-state index contributed by atoms with van der Waals surface area (Å²) in [5.41, 5.74) is 10.9. The molecule has 1 saturated heterocycles. The van der Waals surface area contributed by atoms with Gasteiger partial charge in [-0.3, -0.25) is 4.79 Å². The molecule has 7 nitrogen and oxygen atoms in total. The smallest absolute Gasteiger partial charge is 0.253 e. The first-order valence-electron chi connectivity index (χ1n) is 12.8. The third-order valence-corrected chi connectivity index (χ3v) is 6.96. The summed E-state index contributed by atoms with van der Waals surface area (Å²) in [6.45, 7) is 3.34. The molecule has 38 heavy (non-hydrogen) atoms. The zero-order valence-electron chi connectivity index (χ0n) is 21.3. The molecule has 5 rings (SSSR count). The molecule has 0 saturated carbocycles. The van der Waals surface area contributed by atoms with E-state index in [1.165, 1.54) is 17.7 Å². The lowest BCUT2D eigenvalue weighted by Gasteiger charge is -2.35. The predicted molar refractivity (Wildman–Crippen MR) is 148 cm³/mol. The van der Waals surface area contributed by atoms with Crippen LogP contribution in [-0.2, 0) is 0 Å². The predicted octanol–water partition coefficient (Wildman–Crippen LogP) is 5.96. The molecule has 1 atom stereocenters. The highest BCUT2D eigenvalue weighted by Crippen LogP contribution is 2.30. The Bertz CT molecular complexity index is 1370. The second-order valence-electron chi connectivity index (χ2n) is 9.67. The average Bonchev–Trinajstić information content (AvgIpc) is 2.95. The molecule has 4 N–H and O–H groups in total. The minimum atomic E-state index is -0.265. The van der Waals surface area contributed by atoms with Gasteiger partial charge in [0.05, 0.1) is 0 Å². The standard InChI is InChI=1S/C30H31FN6O/c1-20-2-10-25(11-3-20)34-27-14-17-33-30(36-27)35-26-12-6-23(7-13-26)29(38)37-18-15-22(16-19-37)28(32)21-4-8-24(31)9-5-21/h2-14,17,22,28H,15-16,18-19,32H2,1H3,(H2,33,34,35,36)/t28-/m1/s1. The zero-order chi connectivity index (χ0) is 26.5. The molecule has 1 aliphatic rings. The van der Waals surface area contributed by atoms with E-state index in [-0.39, 0.29) is 23.7 Å². The summed E-state index contributed by atoms with van der Waals surface area (Å²) in [5, 5.41) is 6.47. The molecule has 0 spiro atoms. The number of nitrogens with two attached hydrogens (primary N) is 1. The van der Waals surface area contributed by atoms with Crippen LogP contribution >= 0.6 is 0 Å². The van der Waals surface area contributed by atoms with Crippen molar-refractivity contribution in [2.75, 3.05) is 23.7 Å². The Balaban J connectivity index is 1.15. The quantitative estimate of drug-likeness (QED) is 0.284. The molecule has 1 aromatic heterocycles. The molecule has 194 valence electrons. The highest BCUT2D eigenvalue weighted by Gasteiger charge is 2.28. The normalized spacial score (nSPS) is 14.7. The second-order valence-corrected chi connectivity index (χ2v) is 9.67. The molecule has 2 heterocycles. The van der Waals surface area contributed by atoms with Crippen LogP contribution in [0.25, 0.3) is 0 Å². The number of aryl methyl sites for hydroxylation is 1. The molecule has 0 aliphatic carbocycles. The van der Waals surface area contributed by atoms with Gasteiger partial charge in [-0.1, -0.05) is 29.8 Å². The summed E-state index contributed by atoms with van der Waals surface area (Å²) < 4.78 is 13.2. The molecule has 1 aliphatic heterocycles. The van der Waals surface area contributed by atoms with Crippen LogP contribution in [0.5, 0.6) is 0 Å². The van der Waals surface area contributed by atoms with Gasteiger partial charge in [0.1, 0.15) is 11.6 Å². The number of rotatable bonds is 7. The third kappa shape index (κ3) is 6.15. The number of aromatic nitrogens is 2. The lowest BCUT2D eigenvalue weighted by Crippen LogP contribution is -2.41. The number of benzene rings is 3. The number of anilines is 4. The zero-order valence-corrected chi connectivity index (χ0v) is 21.3. The first-order chi connectivity index (χ1) is 18.4. The monoisotopic (exact) mass is 510 g/mol. The molecule has 8 heteroatoms. The van der Waals surface area contributed by atoms with E-state index < -0.39 is 0 Å². The molecule has 3 aromatic carbocycles. The Kier molecular flexibility index (Phi) is 7.60. The maximum absolute atomic E-state index is 13.2. The van der Waals surface area contributed by atoms with Gasteiger partial charge in [-0.2, -0.15) is 4.98 Å². The number of hydrogen-bond acceptors (Lipinski definition) is 6. The first-order valence-corrected chi connectivity index (χ1v) is 12.8. The molecular weight excluding hydrogens is 479 g/mol. The van der Waals surface area contributed by atoms with Crippen molar-refractivity contribution in [3.05, 3.63) is 108 Å². The fourth-order valence-corrected chi connectivity index (χ4v) is 4.70. The Hall–Kier alpha value is -4.30. The number of piperidine rings is 1. The Morgan fingerprint density at radius 1 is 0.921 bits per heavy atom. The molecule has 0 unspecified atom stereocenters. The van der Waals surface area contributed by atoms with Gasteiger partial charge in [0, 0.05) is 42.3 Å². The summed E-state index contributed by atoms with van der Waals surface area (Å²) in [5.74, 6) is 1.14. The minimum absolute atomic E-state index is 0.00546. The van der Waals surface area contributed by atoms with Crippen molar-refractivity contribution < 1.29 is 9.18 Å². The Morgan fingerprint density at radius 3 is 2.24 bits per heavy atom. The van der Waals surface area contributed by atoms with E-state index in [1.807, 2.05) is 66.4 Å².